The lowest BCUT2D eigenvalue weighted by molar-refractivity contribution is 0.626. The third-order valence-electron chi connectivity index (χ3n) is 4.84. The van der Waals surface area contributed by atoms with Crippen molar-refractivity contribution in [2.45, 2.75) is 46.0 Å². The Hall–Kier alpha value is -2.48. The van der Waals surface area contributed by atoms with Crippen LogP contribution in [0.5, 0.6) is 0 Å². The second-order valence-corrected chi connectivity index (χ2v) is 6.75. The monoisotopic (exact) mass is 347 g/mol. The fourth-order valence-corrected chi connectivity index (χ4v) is 3.16. The maximum absolute atomic E-state index is 14.5. The van der Waals surface area contributed by atoms with E-state index in [9.17, 15) is 4.39 Å². The van der Waals surface area contributed by atoms with Gasteiger partial charge in [-0.15, -0.1) is 0 Å². The molecule has 0 saturated carbocycles. The van der Waals surface area contributed by atoms with Gasteiger partial charge in [-0.25, -0.2) is 4.39 Å². The summed E-state index contributed by atoms with van der Waals surface area (Å²) in [6.07, 6.45) is 7.27. The summed E-state index contributed by atoms with van der Waals surface area (Å²) in [5.74, 6) is -0.188. The Morgan fingerprint density at radius 3 is 2.15 bits per heavy atom. The van der Waals surface area contributed by atoms with Crippen LogP contribution in [-0.4, -0.2) is 4.98 Å². The lowest BCUT2D eigenvalue weighted by Crippen LogP contribution is -1.92. The van der Waals surface area contributed by atoms with E-state index in [1.807, 2.05) is 30.5 Å². The summed E-state index contributed by atoms with van der Waals surface area (Å²) in [7, 11) is 0. The van der Waals surface area contributed by atoms with Gasteiger partial charge in [0.25, 0.3) is 0 Å². The van der Waals surface area contributed by atoms with E-state index in [1.54, 1.807) is 6.07 Å². The molecular formula is C24H26FN. The topological polar surface area (TPSA) is 12.9 Å². The van der Waals surface area contributed by atoms with E-state index in [-0.39, 0.29) is 5.82 Å². The summed E-state index contributed by atoms with van der Waals surface area (Å²) in [4.78, 5) is 4.49. The van der Waals surface area contributed by atoms with Crippen LogP contribution in [0.3, 0.4) is 0 Å². The van der Waals surface area contributed by atoms with Gasteiger partial charge in [0.15, 0.2) is 0 Å². The van der Waals surface area contributed by atoms with Gasteiger partial charge < -0.3 is 0 Å². The molecule has 0 aliphatic carbocycles. The molecule has 0 atom stereocenters. The van der Waals surface area contributed by atoms with Crippen LogP contribution in [0, 0.1) is 5.82 Å². The largest absolute Gasteiger partial charge is 0.256 e. The van der Waals surface area contributed by atoms with Gasteiger partial charge in [0.2, 0.25) is 0 Å². The number of hydrogen-bond donors (Lipinski definition) is 0. The highest BCUT2D eigenvalue weighted by Gasteiger charge is 2.08. The van der Waals surface area contributed by atoms with Gasteiger partial charge >= 0.3 is 0 Å². The first-order valence-corrected chi connectivity index (χ1v) is 9.55. The summed E-state index contributed by atoms with van der Waals surface area (Å²) in [6.45, 7) is 4.33. The first kappa shape index (κ1) is 18.3. The minimum atomic E-state index is -0.188. The van der Waals surface area contributed by atoms with Crippen molar-refractivity contribution in [3.05, 3.63) is 77.7 Å². The van der Waals surface area contributed by atoms with E-state index in [0.717, 1.165) is 36.0 Å². The molecule has 0 spiro atoms. The van der Waals surface area contributed by atoms with Crippen molar-refractivity contribution < 1.29 is 4.39 Å². The van der Waals surface area contributed by atoms with Crippen molar-refractivity contribution in [3.63, 3.8) is 0 Å². The van der Waals surface area contributed by atoms with Gasteiger partial charge in [-0.2, -0.15) is 0 Å². The Kier molecular flexibility index (Phi) is 6.17. The van der Waals surface area contributed by atoms with Crippen molar-refractivity contribution in [1.82, 2.24) is 4.98 Å². The zero-order valence-corrected chi connectivity index (χ0v) is 15.6. The molecule has 0 aliphatic heterocycles. The highest BCUT2D eigenvalue weighted by molar-refractivity contribution is 5.67. The van der Waals surface area contributed by atoms with Crippen LogP contribution < -0.4 is 0 Å². The van der Waals surface area contributed by atoms with Crippen molar-refractivity contribution >= 4 is 0 Å². The fourth-order valence-electron chi connectivity index (χ4n) is 3.16. The average Bonchev–Trinajstić information content (AvgIpc) is 2.69. The average molecular weight is 347 g/mol. The predicted octanol–water partition coefficient (Wildman–Crippen LogP) is 6.85. The van der Waals surface area contributed by atoms with Gasteiger partial charge in [0.05, 0.1) is 5.69 Å². The molecule has 1 heterocycles. The van der Waals surface area contributed by atoms with Gasteiger partial charge in [-0.3, -0.25) is 4.98 Å². The van der Waals surface area contributed by atoms with Crippen LogP contribution in [0.1, 0.15) is 44.2 Å². The molecule has 26 heavy (non-hydrogen) atoms. The molecular weight excluding hydrogens is 321 g/mol. The highest BCUT2D eigenvalue weighted by atomic mass is 19.1. The molecule has 2 heteroatoms. The van der Waals surface area contributed by atoms with Gasteiger partial charge in [-0.05, 0) is 54.2 Å². The Morgan fingerprint density at radius 1 is 0.808 bits per heavy atom. The Balaban J connectivity index is 1.77. The van der Waals surface area contributed by atoms with E-state index >= 15 is 0 Å². The maximum atomic E-state index is 14.5. The minimum absolute atomic E-state index is 0.188. The number of hydrogen-bond acceptors (Lipinski definition) is 1. The Bertz CT molecular complexity index is 835. The number of rotatable bonds is 7. The molecule has 0 radical (unpaired) electrons. The van der Waals surface area contributed by atoms with Crippen LogP contribution in [-0.2, 0) is 12.8 Å². The van der Waals surface area contributed by atoms with Crippen molar-refractivity contribution in [2.24, 2.45) is 0 Å². The van der Waals surface area contributed by atoms with Crippen molar-refractivity contribution in [3.8, 4) is 22.4 Å². The van der Waals surface area contributed by atoms with Gasteiger partial charge in [0.1, 0.15) is 5.82 Å². The van der Waals surface area contributed by atoms with Crippen molar-refractivity contribution in [2.75, 3.05) is 0 Å². The normalized spacial score (nSPS) is 10.9. The third-order valence-corrected chi connectivity index (χ3v) is 4.84. The molecule has 0 unspecified atom stereocenters. The number of pyridine rings is 1. The molecule has 0 saturated heterocycles. The summed E-state index contributed by atoms with van der Waals surface area (Å²) in [6, 6.07) is 17.9. The quantitative estimate of drug-likeness (QED) is 0.426. The van der Waals surface area contributed by atoms with Crippen LogP contribution in [0.15, 0.2) is 60.8 Å². The number of aryl methyl sites for hydroxylation is 2. The molecule has 1 aromatic heterocycles. The molecule has 0 aliphatic rings. The van der Waals surface area contributed by atoms with E-state index < -0.39 is 0 Å². The Labute approximate surface area is 155 Å². The number of benzene rings is 2. The maximum Gasteiger partial charge on any atom is 0.132 e. The summed E-state index contributed by atoms with van der Waals surface area (Å²) in [5, 5.41) is 0. The molecule has 1 nitrogen and oxygen atoms in total. The van der Waals surface area contributed by atoms with E-state index in [4.69, 9.17) is 0 Å². The summed E-state index contributed by atoms with van der Waals surface area (Å²) < 4.78 is 14.5. The molecule has 0 amide bonds. The summed E-state index contributed by atoms with van der Waals surface area (Å²) in [5.41, 5.74) is 5.81. The molecule has 3 rings (SSSR count). The van der Waals surface area contributed by atoms with Crippen LogP contribution >= 0.6 is 0 Å². The second-order valence-electron chi connectivity index (χ2n) is 6.75. The van der Waals surface area contributed by atoms with Crippen LogP contribution in [0.2, 0.25) is 0 Å². The Morgan fingerprint density at radius 2 is 1.54 bits per heavy atom. The van der Waals surface area contributed by atoms with Crippen molar-refractivity contribution in [1.29, 1.82) is 0 Å². The lowest BCUT2D eigenvalue weighted by atomic mass is 10.0. The first-order chi connectivity index (χ1) is 12.7. The molecule has 2 aromatic carbocycles. The van der Waals surface area contributed by atoms with Crippen LogP contribution in [0.25, 0.3) is 22.4 Å². The predicted molar refractivity (Wildman–Crippen MR) is 108 cm³/mol. The number of halogens is 1. The number of unbranched alkanes of at least 4 members (excludes halogenated alkanes) is 2. The zero-order chi connectivity index (χ0) is 18.4. The van der Waals surface area contributed by atoms with Gasteiger partial charge in [0, 0.05) is 17.3 Å². The van der Waals surface area contributed by atoms with E-state index in [0.29, 0.717) is 11.3 Å². The molecule has 0 N–H and O–H groups in total. The first-order valence-electron chi connectivity index (χ1n) is 9.55. The molecule has 0 bridgehead atoms. The molecule has 134 valence electrons. The molecule has 3 aromatic rings. The number of aromatic nitrogens is 1. The van der Waals surface area contributed by atoms with Gasteiger partial charge in [-0.1, -0.05) is 63.1 Å². The van der Waals surface area contributed by atoms with Crippen LogP contribution in [0.4, 0.5) is 4.39 Å². The van der Waals surface area contributed by atoms with E-state index in [1.165, 1.54) is 18.4 Å². The standard InChI is InChI=1S/C24H26FN/c1-3-5-6-7-19-10-14-22(23(25)16-19)24-15-13-21(17-26-24)20-11-8-18(4-2)9-12-20/h8-17H,3-7H2,1-2H3. The molecule has 0 fully saturated rings. The smallest absolute Gasteiger partial charge is 0.132 e. The number of nitrogens with zero attached hydrogens (tertiary/aromatic N) is 1. The zero-order valence-electron chi connectivity index (χ0n) is 15.6. The minimum Gasteiger partial charge on any atom is -0.256 e. The third kappa shape index (κ3) is 4.37. The van der Waals surface area contributed by atoms with E-state index in [2.05, 4.69) is 43.1 Å². The SMILES string of the molecule is CCCCCc1ccc(-c2ccc(-c3ccc(CC)cc3)cn2)c(F)c1. The lowest BCUT2D eigenvalue weighted by Gasteiger charge is -2.08. The fraction of sp³-hybridized carbons (Fsp3) is 0.292. The second kappa shape index (κ2) is 8.75. The summed E-state index contributed by atoms with van der Waals surface area (Å²) >= 11 is 0. The highest BCUT2D eigenvalue weighted by Crippen LogP contribution is 2.26.